The fourth-order valence-corrected chi connectivity index (χ4v) is 2.78. The first kappa shape index (κ1) is 8.64. The van der Waals surface area contributed by atoms with E-state index in [9.17, 15) is 8.42 Å². The van der Waals surface area contributed by atoms with Gasteiger partial charge in [-0.3, -0.25) is 0 Å². The highest BCUT2D eigenvalue weighted by molar-refractivity contribution is 7.92. The molecule has 0 radical (unpaired) electrons. The molecule has 2 heterocycles. The summed E-state index contributed by atoms with van der Waals surface area (Å²) < 4.78 is 23.4. The summed E-state index contributed by atoms with van der Waals surface area (Å²) in [5.41, 5.74) is 0. The minimum atomic E-state index is -2.84. The Balaban J connectivity index is 2.19. The van der Waals surface area contributed by atoms with E-state index in [1.807, 2.05) is 0 Å². The maximum absolute atomic E-state index is 10.9. The van der Waals surface area contributed by atoms with Gasteiger partial charge in [-0.1, -0.05) is 0 Å². The van der Waals surface area contributed by atoms with Gasteiger partial charge in [-0.05, 0) is 0 Å². The predicted molar refractivity (Wildman–Crippen MR) is 43.6 cm³/mol. The Morgan fingerprint density at radius 1 is 1.62 bits per heavy atom. The van der Waals surface area contributed by atoms with Crippen LogP contribution in [0.3, 0.4) is 0 Å². The summed E-state index contributed by atoms with van der Waals surface area (Å²) in [6.07, 6.45) is 1.45. The lowest BCUT2D eigenvalue weighted by Crippen LogP contribution is -2.38. The van der Waals surface area contributed by atoms with Gasteiger partial charge in [0.25, 0.3) is 0 Å². The van der Waals surface area contributed by atoms with E-state index in [-0.39, 0.29) is 24.2 Å². The van der Waals surface area contributed by atoms with Gasteiger partial charge >= 0.3 is 0 Å². The minimum Gasteiger partial charge on any atom is -0.388 e. The van der Waals surface area contributed by atoms with Crippen LogP contribution in [-0.4, -0.2) is 39.8 Å². The highest BCUT2D eigenvalue weighted by Crippen LogP contribution is 2.24. The van der Waals surface area contributed by atoms with E-state index in [1.165, 1.54) is 6.33 Å². The number of nitrogens with zero attached hydrogens (tertiary/aromatic N) is 3. The van der Waals surface area contributed by atoms with Gasteiger partial charge in [-0.15, -0.1) is 10.2 Å². The van der Waals surface area contributed by atoms with Gasteiger partial charge < -0.3 is 9.67 Å². The average molecular weight is 203 g/mol. The fraction of sp³-hybridized carbons (Fsp3) is 0.667. The standard InChI is InChI=1S/C6H9N3O3S/c10-1-6-8-7-4-9(6)5-2-13(11,12)3-5/h4-5,10H,1-3H2. The normalized spacial score (nSPS) is 21.3. The van der Waals surface area contributed by atoms with Crippen LogP contribution in [0.4, 0.5) is 0 Å². The molecule has 1 aromatic rings. The molecule has 72 valence electrons. The van der Waals surface area contributed by atoms with E-state index in [2.05, 4.69) is 10.2 Å². The van der Waals surface area contributed by atoms with Crippen LogP contribution in [0.2, 0.25) is 0 Å². The first-order chi connectivity index (χ1) is 6.12. The maximum Gasteiger partial charge on any atom is 0.158 e. The van der Waals surface area contributed by atoms with Crippen molar-refractivity contribution in [3.63, 3.8) is 0 Å². The lowest BCUT2D eigenvalue weighted by molar-refractivity contribution is 0.261. The third kappa shape index (κ3) is 1.44. The Labute approximate surface area is 75.1 Å². The van der Waals surface area contributed by atoms with Crippen molar-refractivity contribution in [2.24, 2.45) is 0 Å². The molecule has 13 heavy (non-hydrogen) atoms. The van der Waals surface area contributed by atoms with E-state index < -0.39 is 9.84 Å². The molecule has 1 aliphatic heterocycles. The molecule has 0 bridgehead atoms. The monoisotopic (exact) mass is 203 g/mol. The van der Waals surface area contributed by atoms with Crippen molar-refractivity contribution in [2.75, 3.05) is 11.5 Å². The molecule has 1 aromatic heterocycles. The first-order valence-corrected chi connectivity index (χ1v) is 5.64. The van der Waals surface area contributed by atoms with Gasteiger partial charge in [-0.25, -0.2) is 8.42 Å². The van der Waals surface area contributed by atoms with E-state index in [4.69, 9.17) is 5.11 Å². The van der Waals surface area contributed by atoms with Crippen LogP contribution >= 0.6 is 0 Å². The molecule has 6 nitrogen and oxygen atoms in total. The molecule has 1 saturated heterocycles. The summed E-state index contributed by atoms with van der Waals surface area (Å²) in [5, 5.41) is 16.1. The Hall–Kier alpha value is -0.950. The van der Waals surface area contributed by atoms with E-state index in [0.717, 1.165) is 0 Å². The first-order valence-electron chi connectivity index (χ1n) is 3.82. The van der Waals surface area contributed by atoms with Crippen molar-refractivity contribution in [1.29, 1.82) is 0 Å². The van der Waals surface area contributed by atoms with E-state index in [0.29, 0.717) is 5.82 Å². The predicted octanol–water partition coefficient (Wildman–Crippen LogP) is -1.26. The number of aromatic nitrogens is 3. The average Bonchev–Trinajstić information content (AvgIpc) is 2.46. The van der Waals surface area contributed by atoms with Crippen LogP contribution in [0.25, 0.3) is 0 Å². The van der Waals surface area contributed by atoms with Crippen LogP contribution in [0.1, 0.15) is 11.9 Å². The minimum absolute atomic E-state index is 0.0952. The van der Waals surface area contributed by atoms with E-state index in [1.54, 1.807) is 4.57 Å². The van der Waals surface area contributed by atoms with Gasteiger partial charge in [-0.2, -0.15) is 0 Å². The smallest absolute Gasteiger partial charge is 0.158 e. The number of rotatable bonds is 2. The molecule has 0 aliphatic carbocycles. The third-order valence-electron chi connectivity index (χ3n) is 2.07. The Kier molecular flexibility index (Phi) is 1.85. The zero-order chi connectivity index (χ0) is 9.47. The summed E-state index contributed by atoms with van der Waals surface area (Å²) in [4.78, 5) is 0. The number of aliphatic hydroxyl groups is 1. The van der Waals surface area contributed by atoms with Crippen molar-refractivity contribution in [3.05, 3.63) is 12.2 Å². The van der Waals surface area contributed by atoms with Crippen molar-refractivity contribution in [2.45, 2.75) is 12.6 Å². The maximum atomic E-state index is 10.9. The zero-order valence-corrected chi connectivity index (χ0v) is 7.61. The van der Waals surface area contributed by atoms with Crippen LogP contribution in [-0.2, 0) is 16.4 Å². The molecule has 0 aromatic carbocycles. The van der Waals surface area contributed by atoms with Crippen molar-refractivity contribution in [3.8, 4) is 0 Å². The second kappa shape index (κ2) is 2.78. The van der Waals surface area contributed by atoms with Crippen LogP contribution in [0, 0.1) is 0 Å². The third-order valence-corrected chi connectivity index (χ3v) is 3.86. The van der Waals surface area contributed by atoms with Gasteiger partial charge in [0, 0.05) is 0 Å². The van der Waals surface area contributed by atoms with Gasteiger partial charge in [0.2, 0.25) is 0 Å². The highest BCUT2D eigenvalue weighted by atomic mass is 32.2. The molecule has 0 unspecified atom stereocenters. The number of hydrogen-bond donors (Lipinski definition) is 1. The molecule has 1 fully saturated rings. The Morgan fingerprint density at radius 2 is 2.31 bits per heavy atom. The zero-order valence-electron chi connectivity index (χ0n) is 6.79. The van der Waals surface area contributed by atoms with Crippen LogP contribution in [0.5, 0.6) is 0 Å². The number of sulfone groups is 1. The molecule has 0 saturated carbocycles. The summed E-state index contributed by atoms with van der Waals surface area (Å²) in [6, 6.07) is -0.0952. The highest BCUT2D eigenvalue weighted by Gasteiger charge is 2.35. The topological polar surface area (TPSA) is 85.1 Å². The second-order valence-corrected chi connectivity index (χ2v) is 5.20. The lowest BCUT2D eigenvalue weighted by atomic mass is 10.3. The second-order valence-electron chi connectivity index (χ2n) is 3.04. The lowest BCUT2D eigenvalue weighted by Gasteiger charge is -2.27. The quantitative estimate of drug-likeness (QED) is 0.648. The van der Waals surface area contributed by atoms with Gasteiger partial charge in [0.05, 0.1) is 17.5 Å². The Morgan fingerprint density at radius 3 is 2.85 bits per heavy atom. The summed E-state index contributed by atoms with van der Waals surface area (Å²) in [6.45, 7) is -0.212. The van der Waals surface area contributed by atoms with Gasteiger partial charge in [0.1, 0.15) is 12.9 Å². The fourth-order valence-electron chi connectivity index (χ4n) is 1.38. The molecule has 2 rings (SSSR count). The number of hydrogen-bond acceptors (Lipinski definition) is 5. The van der Waals surface area contributed by atoms with Crippen molar-refractivity contribution >= 4 is 9.84 Å². The summed E-state index contributed by atoms with van der Waals surface area (Å²) in [7, 11) is -2.84. The van der Waals surface area contributed by atoms with E-state index >= 15 is 0 Å². The van der Waals surface area contributed by atoms with Gasteiger partial charge in [0.15, 0.2) is 15.7 Å². The largest absolute Gasteiger partial charge is 0.388 e. The molecule has 0 amide bonds. The summed E-state index contributed by atoms with van der Waals surface area (Å²) >= 11 is 0. The van der Waals surface area contributed by atoms with Crippen molar-refractivity contribution in [1.82, 2.24) is 14.8 Å². The Bertz CT molecular complexity index is 399. The molecule has 0 atom stereocenters. The molecule has 0 spiro atoms. The van der Waals surface area contributed by atoms with Crippen molar-refractivity contribution < 1.29 is 13.5 Å². The summed E-state index contributed by atoms with van der Waals surface area (Å²) in [5.74, 6) is 0.663. The van der Waals surface area contributed by atoms with Crippen LogP contribution < -0.4 is 0 Å². The molecule has 1 N–H and O–H groups in total. The van der Waals surface area contributed by atoms with Crippen LogP contribution in [0.15, 0.2) is 6.33 Å². The molecule has 1 aliphatic rings. The number of aliphatic hydroxyl groups excluding tert-OH is 1. The molecular formula is C6H9N3O3S. The molecule has 7 heteroatoms. The molecular weight excluding hydrogens is 194 g/mol. The SMILES string of the molecule is O=S1(=O)CC(n2cnnc2CO)C1.